The molecule has 1 amide bonds. The first-order valence-electron chi connectivity index (χ1n) is 11.1. The summed E-state index contributed by atoms with van der Waals surface area (Å²) in [6.07, 6.45) is 2.08. The molecule has 0 spiro atoms. The summed E-state index contributed by atoms with van der Waals surface area (Å²) in [4.78, 5) is 15.6. The van der Waals surface area contributed by atoms with Crippen molar-refractivity contribution in [2.45, 2.75) is 30.7 Å². The van der Waals surface area contributed by atoms with Crippen LogP contribution in [-0.2, 0) is 11.2 Å². The lowest BCUT2D eigenvalue weighted by Gasteiger charge is -2.51. The molecule has 1 saturated heterocycles. The first kappa shape index (κ1) is 18.3. The molecule has 2 fully saturated rings. The van der Waals surface area contributed by atoms with Gasteiger partial charge in [-0.15, -0.1) is 0 Å². The molecule has 5 heteroatoms. The van der Waals surface area contributed by atoms with Crippen molar-refractivity contribution in [3.63, 3.8) is 0 Å². The molecule has 2 N–H and O–H groups in total. The Morgan fingerprint density at radius 3 is 2.80 bits per heavy atom. The van der Waals surface area contributed by atoms with Crippen molar-refractivity contribution in [1.82, 2.24) is 5.32 Å². The Kier molecular flexibility index (Phi) is 4.10. The zero-order chi connectivity index (χ0) is 20.4. The van der Waals surface area contributed by atoms with Crippen molar-refractivity contribution in [2.75, 3.05) is 31.7 Å². The van der Waals surface area contributed by atoms with Crippen LogP contribution in [0.4, 0.5) is 5.69 Å². The molecule has 5 nitrogen and oxygen atoms in total. The van der Waals surface area contributed by atoms with Crippen LogP contribution in [0.3, 0.4) is 0 Å². The Hall–Kier alpha value is -2.53. The average Bonchev–Trinajstić information content (AvgIpc) is 3.32. The number of ether oxygens (including phenoxy) is 1. The van der Waals surface area contributed by atoms with Gasteiger partial charge >= 0.3 is 0 Å². The van der Waals surface area contributed by atoms with Crippen molar-refractivity contribution < 1.29 is 14.6 Å². The Morgan fingerprint density at radius 2 is 1.97 bits per heavy atom. The van der Waals surface area contributed by atoms with Crippen molar-refractivity contribution in [3.8, 4) is 5.75 Å². The minimum atomic E-state index is 0.0193. The van der Waals surface area contributed by atoms with Gasteiger partial charge in [-0.1, -0.05) is 24.3 Å². The van der Waals surface area contributed by atoms with Gasteiger partial charge in [-0.3, -0.25) is 4.79 Å². The SMILES string of the molecule is COc1ccc2c(c1)CCC1C2C2C(=O)NCC2C2c3ccccc3N(CCO)C12. The number of amides is 1. The number of benzene rings is 2. The zero-order valence-corrected chi connectivity index (χ0v) is 17.3. The molecule has 4 aliphatic rings. The minimum Gasteiger partial charge on any atom is -0.497 e. The molecule has 2 aliphatic carbocycles. The monoisotopic (exact) mass is 404 g/mol. The van der Waals surface area contributed by atoms with E-state index >= 15 is 0 Å². The molecule has 2 aliphatic heterocycles. The molecule has 6 unspecified atom stereocenters. The maximum Gasteiger partial charge on any atom is 0.224 e. The van der Waals surface area contributed by atoms with Crippen LogP contribution in [0.2, 0.25) is 0 Å². The van der Waals surface area contributed by atoms with Crippen molar-refractivity contribution in [1.29, 1.82) is 0 Å². The van der Waals surface area contributed by atoms with Crippen LogP contribution in [0.25, 0.3) is 0 Å². The third-order valence-electron chi connectivity index (χ3n) is 8.15. The van der Waals surface area contributed by atoms with E-state index in [4.69, 9.17) is 4.74 Å². The quantitative estimate of drug-likeness (QED) is 0.826. The highest BCUT2D eigenvalue weighted by Crippen LogP contribution is 2.61. The molecule has 0 bridgehead atoms. The summed E-state index contributed by atoms with van der Waals surface area (Å²) in [5.74, 6) is 2.40. The summed E-state index contributed by atoms with van der Waals surface area (Å²) in [7, 11) is 1.71. The second-order valence-corrected chi connectivity index (χ2v) is 9.22. The number of aliphatic hydroxyl groups excluding tert-OH is 1. The Morgan fingerprint density at radius 1 is 1.10 bits per heavy atom. The number of aryl methyl sites for hydroxylation is 1. The third-order valence-corrected chi connectivity index (χ3v) is 8.15. The minimum absolute atomic E-state index is 0.0193. The van der Waals surface area contributed by atoms with Crippen LogP contribution in [0.15, 0.2) is 42.5 Å². The molecule has 2 aromatic rings. The van der Waals surface area contributed by atoms with Gasteiger partial charge in [0, 0.05) is 36.7 Å². The van der Waals surface area contributed by atoms with Crippen LogP contribution in [0.5, 0.6) is 5.75 Å². The fraction of sp³-hybridized carbons (Fsp3) is 0.480. The number of aliphatic hydroxyl groups is 1. The highest BCUT2D eigenvalue weighted by molar-refractivity contribution is 5.84. The number of anilines is 1. The number of methoxy groups -OCH3 is 1. The summed E-state index contributed by atoms with van der Waals surface area (Å²) in [6.45, 7) is 1.55. The third kappa shape index (κ3) is 2.36. The van der Waals surface area contributed by atoms with Crippen LogP contribution in [0.1, 0.15) is 34.9 Å². The van der Waals surface area contributed by atoms with Crippen molar-refractivity contribution in [3.05, 3.63) is 59.2 Å². The molecule has 0 aromatic heterocycles. The summed E-state index contributed by atoms with van der Waals surface area (Å²) in [5.41, 5.74) is 5.27. The highest BCUT2D eigenvalue weighted by Gasteiger charge is 2.60. The Bertz CT molecular complexity index is 1010. The molecular formula is C25H28N2O3. The lowest BCUT2D eigenvalue weighted by molar-refractivity contribution is -0.125. The van der Waals surface area contributed by atoms with Crippen LogP contribution < -0.4 is 15.0 Å². The zero-order valence-electron chi connectivity index (χ0n) is 17.3. The lowest BCUT2D eigenvalue weighted by atomic mass is 9.55. The van der Waals surface area contributed by atoms with E-state index < -0.39 is 0 Å². The first-order valence-corrected chi connectivity index (χ1v) is 11.1. The highest BCUT2D eigenvalue weighted by atomic mass is 16.5. The maximum absolute atomic E-state index is 13.1. The number of carbonyl (C=O) groups is 1. The molecule has 2 aromatic carbocycles. The number of β-amino-alcohol motifs (C(OH)–C–C–N with tert-alkyl or cyclic N) is 1. The van der Waals surface area contributed by atoms with E-state index in [1.54, 1.807) is 7.11 Å². The number of rotatable bonds is 3. The molecule has 30 heavy (non-hydrogen) atoms. The molecule has 156 valence electrons. The number of nitrogens with zero attached hydrogens (tertiary/aromatic N) is 1. The van der Waals surface area contributed by atoms with E-state index in [1.165, 1.54) is 22.4 Å². The number of hydrogen-bond donors (Lipinski definition) is 2. The van der Waals surface area contributed by atoms with Crippen LogP contribution in [0, 0.1) is 17.8 Å². The molecule has 6 atom stereocenters. The predicted molar refractivity (Wildman–Crippen MR) is 115 cm³/mol. The lowest BCUT2D eigenvalue weighted by Crippen LogP contribution is -2.54. The topological polar surface area (TPSA) is 61.8 Å². The molecular weight excluding hydrogens is 376 g/mol. The standard InChI is InChI=1S/C25H28N2O3/c1-30-15-7-9-16-14(12-15)6-8-18-21(16)23-19(13-26-25(23)29)22-17-4-2-3-5-20(17)27(10-11-28)24(18)22/h2-5,7,9,12,18-19,21-24,28H,6,8,10-11,13H2,1H3,(H,26,29). The van der Waals surface area contributed by atoms with Crippen molar-refractivity contribution >= 4 is 11.6 Å². The molecule has 6 rings (SSSR count). The van der Waals surface area contributed by atoms with Crippen LogP contribution in [-0.4, -0.2) is 43.9 Å². The number of hydrogen-bond acceptors (Lipinski definition) is 4. The summed E-state index contributed by atoms with van der Waals surface area (Å²) in [6, 6.07) is 15.4. The smallest absolute Gasteiger partial charge is 0.224 e. The van der Waals surface area contributed by atoms with E-state index in [9.17, 15) is 9.90 Å². The van der Waals surface area contributed by atoms with Crippen LogP contribution >= 0.6 is 0 Å². The van der Waals surface area contributed by atoms with Gasteiger partial charge in [0.05, 0.1) is 19.6 Å². The van der Waals surface area contributed by atoms with Gasteiger partial charge in [0.25, 0.3) is 0 Å². The van der Waals surface area contributed by atoms with E-state index in [0.29, 0.717) is 30.3 Å². The van der Waals surface area contributed by atoms with Gasteiger partial charge < -0.3 is 20.1 Å². The van der Waals surface area contributed by atoms with E-state index in [2.05, 4.69) is 46.6 Å². The fourth-order valence-electron chi connectivity index (χ4n) is 7.19. The van der Waals surface area contributed by atoms with Gasteiger partial charge in [0.15, 0.2) is 0 Å². The van der Waals surface area contributed by atoms with E-state index in [-0.39, 0.29) is 24.3 Å². The number of carbonyl (C=O) groups excluding carboxylic acids is 1. The van der Waals surface area contributed by atoms with Gasteiger partial charge in [0.2, 0.25) is 5.91 Å². The Balaban J connectivity index is 1.52. The Labute approximate surface area is 177 Å². The summed E-state index contributed by atoms with van der Waals surface area (Å²) >= 11 is 0. The van der Waals surface area contributed by atoms with Crippen molar-refractivity contribution in [2.24, 2.45) is 17.8 Å². The summed E-state index contributed by atoms with van der Waals surface area (Å²) in [5, 5.41) is 13.1. The number of fused-ring (bicyclic) bond motifs is 10. The fourth-order valence-corrected chi connectivity index (χ4v) is 7.19. The van der Waals surface area contributed by atoms with Gasteiger partial charge in [-0.2, -0.15) is 0 Å². The van der Waals surface area contributed by atoms with Gasteiger partial charge in [0.1, 0.15) is 5.75 Å². The second-order valence-electron chi connectivity index (χ2n) is 9.22. The van der Waals surface area contributed by atoms with E-state index in [1.807, 2.05) is 6.07 Å². The largest absolute Gasteiger partial charge is 0.497 e. The number of nitrogens with one attached hydrogen (secondary N) is 1. The summed E-state index contributed by atoms with van der Waals surface area (Å²) < 4.78 is 5.47. The van der Waals surface area contributed by atoms with Gasteiger partial charge in [-0.05, 0) is 59.6 Å². The first-order chi connectivity index (χ1) is 14.7. The predicted octanol–water partition coefficient (Wildman–Crippen LogP) is 2.68. The van der Waals surface area contributed by atoms with Gasteiger partial charge in [-0.25, -0.2) is 0 Å². The second kappa shape index (κ2) is 6.74. The molecule has 0 radical (unpaired) electrons. The average molecular weight is 405 g/mol. The molecule has 1 saturated carbocycles. The normalized spacial score (nSPS) is 33.1. The maximum atomic E-state index is 13.1. The number of para-hydroxylation sites is 1. The van der Waals surface area contributed by atoms with E-state index in [0.717, 1.165) is 25.1 Å². The molecule has 2 heterocycles.